The van der Waals surface area contributed by atoms with Crippen molar-refractivity contribution in [1.82, 2.24) is 10.2 Å². The molecule has 4 nitrogen and oxygen atoms in total. The number of ether oxygens (including phenoxy) is 1. The van der Waals surface area contributed by atoms with E-state index in [1.807, 2.05) is 0 Å². The topological polar surface area (TPSA) is 44.7 Å². The van der Waals surface area contributed by atoms with E-state index in [-0.39, 0.29) is 12.4 Å². The Labute approximate surface area is 135 Å². The minimum absolute atomic E-state index is 0.0483. The van der Waals surface area contributed by atoms with Gasteiger partial charge >= 0.3 is 0 Å². The van der Waals surface area contributed by atoms with Crippen LogP contribution in [-0.4, -0.2) is 53.9 Å². The van der Waals surface area contributed by atoms with Crippen LogP contribution >= 0.6 is 0 Å². The summed E-state index contributed by atoms with van der Waals surface area (Å²) in [5.41, 5.74) is 0. The van der Waals surface area contributed by atoms with Gasteiger partial charge in [0.05, 0.1) is 0 Å². The summed E-state index contributed by atoms with van der Waals surface area (Å²) in [5, 5.41) is 13.4. The van der Waals surface area contributed by atoms with Gasteiger partial charge in [-0.05, 0) is 38.3 Å². The summed E-state index contributed by atoms with van der Waals surface area (Å²) in [6.45, 7) is 3.76. The molecule has 0 aromatic heterocycles. The summed E-state index contributed by atoms with van der Waals surface area (Å²) >= 11 is 0. The molecular formula is C17H24F2N2O2. The maximum absolute atomic E-state index is 13.1. The van der Waals surface area contributed by atoms with Crippen molar-refractivity contribution in [3.8, 4) is 5.75 Å². The van der Waals surface area contributed by atoms with Crippen LogP contribution in [0.15, 0.2) is 18.2 Å². The Morgan fingerprint density at radius 2 is 2.13 bits per heavy atom. The molecule has 2 aliphatic rings. The Kier molecular flexibility index (Phi) is 5.14. The van der Waals surface area contributed by atoms with Crippen LogP contribution in [0.3, 0.4) is 0 Å². The summed E-state index contributed by atoms with van der Waals surface area (Å²) in [4.78, 5) is 2.54. The lowest BCUT2D eigenvalue weighted by atomic mass is 10.2. The van der Waals surface area contributed by atoms with Gasteiger partial charge in [-0.25, -0.2) is 8.78 Å². The molecule has 1 aliphatic heterocycles. The lowest BCUT2D eigenvalue weighted by Gasteiger charge is -2.20. The van der Waals surface area contributed by atoms with Gasteiger partial charge in [0, 0.05) is 37.3 Å². The maximum Gasteiger partial charge on any atom is 0.162 e. The number of likely N-dealkylation sites (tertiary alicyclic amines) is 1. The smallest absolute Gasteiger partial charge is 0.162 e. The average Bonchev–Trinajstić information content (AvgIpc) is 3.30. The van der Waals surface area contributed by atoms with Crippen LogP contribution in [0.25, 0.3) is 0 Å². The number of hydrogen-bond donors (Lipinski definition) is 2. The van der Waals surface area contributed by atoms with Gasteiger partial charge in [-0.1, -0.05) is 0 Å². The van der Waals surface area contributed by atoms with E-state index in [1.54, 1.807) is 0 Å². The van der Waals surface area contributed by atoms with Gasteiger partial charge < -0.3 is 15.2 Å². The van der Waals surface area contributed by atoms with E-state index in [0.29, 0.717) is 18.6 Å². The van der Waals surface area contributed by atoms with E-state index < -0.39 is 17.7 Å². The van der Waals surface area contributed by atoms with E-state index in [9.17, 15) is 13.9 Å². The van der Waals surface area contributed by atoms with E-state index in [1.165, 1.54) is 18.9 Å². The van der Waals surface area contributed by atoms with Gasteiger partial charge in [-0.3, -0.25) is 4.90 Å². The number of hydrogen-bond acceptors (Lipinski definition) is 4. The van der Waals surface area contributed by atoms with Crippen molar-refractivity contribution in [3.63, 3.8) is 0 Å². The van der Waals surface area contributed by atoms with Gasteiger partial charge in [0.25, 0.3) is 0 Å². The van der Waals surface area contributed by atoms with Crippen molar-refractivity contribution in [2.24, 2.45) is 0 Å². The monoisotopic (exact) mass is 326 g/mol. The molecule has 1 heterocycles. The van der Waals surface area contributed by atoms with Crippen LogP contribution < -0.4 is 10.1 Å². The molecular weight excluding hydrogens is 302 g/mol. The highest BCUT2D eigenvalue weighted by molar-refractivity contribution is 5.23. The first-order chi connectivity index (χ1) is 11.0. The molecule has 23 heavy (non-hydrogen) atoms. The molecule has 1 saturated heterocycles. The number of nitrogens with one attached hydrogen (secondary N) is 1. The highest BCUT2D eigenvalue weighted by atomic mass is 19.2. The predicted octanol–water partition coefficient (Wildman–Crippen LogP) is 1.92. The zero-order valence-corrected chi connectivity index (χ0v) is 13.3. The fourth-order valence-corrected chi connectivity index (χ4v) is 3.24. The second-order valence-electron chi connectivity index (χ2n) is 6.66. The molecule has 0 amide bonds. The molecule has 0 spiro atoms. The van der Waals surface area contributed by atoms with E-state index in [4.69, 9.17) is 4.74 Å². The first kappa shape index (κ1) is 16.6. The van der Waals surface area contributed by atoms with E-state index >= 15 is 0 Å². The molecule has 2 N–H and O–H groups in total. The third kappa shape index (κ3) is 4.40. The highest BCUT2D eigenvalue weighted by Crippen LogP contribution is 2.33. The van der Waals surface area contributed by atoms with Crippen molar-refractivity contribution in [2.75, 3.05) is 19.7 Å². The lowest BCUT2D eigenvalue weighted by Crippen LogP contribution is -2.39. The molecule has 1 aromatic carbocycles. The number of halogens is 2. The third-order valence-corrected chi connectivity index (χ3v) is 4.61. The summed E-state index contributed by atoms with van der Waals surface area (Å²) < 4.78 is 31.2. The number of benzene rings is 1. The molecule has 128 valence electrons. The summed E-state index contributed by atoms with van der Waals surface area (Å²) in [6, 6.07) is 5.10. The van der Waals surface area contributed by atoms with E-state index in [2.05, 4.69) is 17.1 Å². The fraction of sp³-hybridized carbons (Fsp3) is 0.647. The zero-order chi connectivity index (χ0) is 16.4. The van der Waals surface area contributed by atoms with Crippen LogP contribution in [0.5, 0.6) is 5.75 Å². The number of aliphatic hydroxyl groups is 1. The number of nitrogens with zero attached hydrogens (tertiary/aromatic N) is 1. The van der Waals surface area contributed by atoms with Crippen molar-refractivity contribution < 1.29 is 18.6 Å². The molecule has 1 aromatic rings. The lowest BCUT2D eigenvalue weighted by molar-refractivity contribution is 0.103. The van der Waals surface area contributed by atoms with Crippen LogP contribution in [0.1, 0.15) is 26.2 Å². The third-order valence-electron chi connectivity index (χ3n) is 4.61. The van der Waals surface area contributed by atoms with E-state index in [0.717, 1.165) is 31.1 Å². The molecule has 0 radical (unpaired) electrons. The number of rotatable bonds is 7. The average molecular weight is 326 g/mol. The van der Waals surface area contributed by atoms with Crippen molar-refractivity contribution >= 4 is 0 Å². The second kappa shape index (κ2) is 7.11. The molecule has 6 heteroatoms. The Hall–Kier alpha value is -1.24. The largest absolute Gasteiger partial charge is 0.491 e. The van der Waals surface area contributed by atoms with Crippen molar-refractivity contribution in [1.29, 1.82) is 0 Å². The Bertz CT molecular complexity index is 539. The normalized spacial score (nSPS) is 26.4. The first-order valence-corrected chi connectivity index (χ1v) is 8.28. The molecule has 3 atom stereocenters. The molecule has 3 rings (SSSR count). The number of aliphatic hydroxyl groups excluding tert-OH is 1. The highest BCUT2D eigenvalue weighted by Gasteiger charge is 2.38. The quantitative estimate of drug-likeness (QED) is 0.804. The Morgan fingerprint density at radius 3 is 2.83 bits per heavy atom. The van der Waals surface area contributed by atoms with Crippen molar-refractivity contribution in [2.45, 2.75) is 50.4 Å². The summed E-state index contributed by atoms with van der Waals surface area (Å²) in [7, 11) is 0. The molecule has 2 fully saturated rings. The van der Waals surface area contributed by atoms with Gasteiger partial charge in [-0.15, -0.1) is 0 Å². The first-order valence-electron chi connectivity index (χ1n) is 8.28. The van der Waals surface area contributed by atoms with Gasteiger partial charge in [-0.2, -0.15) is 0 Å². The van der Waals surface area contributed by atoms with Gasteiger partial charge in [0.1, 0.15) is 18.5 Å². The summed E-state index contributed by atoms with van der Waals surface area (Å²) in [5.74, 6) is -1.64. The molecule has 3 unspecified atom stereocenters. The van der Waals surface area contributed by atoms with Crippen LogP contribution in [0, 0.1) is 11.6 Å². The fourth-order valence-electron chi connectivity index (χ4n) is 3.24. The summed E-state index contributed by atoms with van der Waals surface area (Å²) in [6.07, 6.45) is 3.02. The standard InChI is InChI=1S/C17H24F2N2O2/c1-11-6-12(9-21(11)13-2-3-13)20-8-14(22)10-23-15-4-5-16(18)17(19)7-15/h4-5,7,11-14,20,22H,2-3,6,8-10H2,1H3. The zero-order valence-electron chi connectivity index (χ0n) is 13.3. The Balaban J connectivity index is 1.38. The van der Waals surface area contributed by atoms with Crippen molar-refractivity contribution in [3.05, 3.63) is 29.8 Å². The van der Waals surface area contributed by atoms with Crippen LogP contribution in [-0.2, 0) is 0 Å². The SMILES string of the molecule is CC1CC(NCC(O)COc2ccc(F)c(F)c2)CN1C1CC1. The molecule has 1 saturated carbocycles. The van der Waals surface area contributed by atoms with Gasteiger partial charge in [0.2, 0.25) is 0 Å². The van der Waals surface area contributed by atoms with Crippen LogP contribution in [0.4, 0.5) is 8.78 Å². The van der Waals surface area contributed by atoms with Crippen LogP contribution in [0.2, 0.25) is 0 Å². The predicted molar refractivity (Wildman–Crippen MR) is 83.5 cm³/mol. The Morgan fingerprint density at radius 1 is 1.35 bits per heavy atom. The minimum atomic E-state index is -0.949. The molecule has 1 aliphatic carbocycles. The molecule has 0 bridgehead atoms. The maximum atomic E-state index is 13.1. The second-order valence-corrected chi connectivity index (χ2v) is 6.66. The minimum Gasteiger partial charge on any atom is -0.491 e. The van der Waals surface area contributed by atoms with Gasteiger partial charge in [0.15, 0.2) is 11.6 Å².